The lowest BCUT2D eigenvalue weighted by atomic mass is 10.1. The predicted octanol–water partition coefficient (Wildman–Crippen LogP) is 3.51. The fourth-order valence-corrected chi connectivity index (χ4v) is 4.05. The SMILES string of the molecule is COCc1ccc(C(=O)Nc2ccc(-c3nc(CNC(=O)[C@H]4CC(=O)N(C(C)C)C4)c(C)o3)cc2)o1. The maximum atomic E-state index is 12.6. The summed E-state index contributed by atoms with van der Waals surface area (Å²) in [6.45, 7) is 6.60. The summed E-state index contributed by atoms with van der Waals surface area (Å²) in [7, 11) is 1.55. The number of hydrogen-bond acceptors (Lipinski definition) is 7. The number of aryl methyl sites for hydroxylation is 1. The average Bonchev–Trinajstić information content (AvgIpc) is 3.57. The van der Waals surface area contributed by atoms with Crippen molar-refractivity contribution in [3.8, 4) is 11.5 Å². The number of ether oxygens (including phenoxy) is 1. The summed E-state index contributed by atoms with van der Waals surface area (Å²) in [6, 6.07) is 10.4. The van der Waals surface area contributed by atoms with Crippen molar-refractivity contribution in [1.29, 1.82) is 0 Å². The first-order valence-electron chi connectivity index (χ1n) is 11.8. The second-order valence-electron chi connectivity index (χ2n) is 9.01. The van der Waals surface area contributed by atoms with Crippen molar-refractivity contribution in [1.82, 2.24) is 15.2 Å². The molecule has 1 aliphatic heterocycles. The van der Waals surface area contributed by atoms with Crippen LogP contribution < -0.4 is 10.6 Å². The fraction of sp³-hybridized carbons (Fsp3) is 0.385. The first kappa shape index (κ1) is 25.2. The summed E-state index contributed by atoms with van der Waals surface area (Å²) < 4.78 is 16.2. The van der Waals surface area contributed by atoms with Crippen LogP contribution >= 0.6 is 0 Å². The van der Waals surface area contributed by atoms with Crippen LogP contribution in [0, 0.1) is 12.8 Å². The Kier molecular flexibility index (Phi) is 7.54. The van der Waals surface area contributed by atoms with Gasteiger partial charge in [-0.05, 0) is 57.2 Å². The number of hydrogen-bond donors (Lipinski definition) is 2. The van der Waals surface area contributed by atoms with Crippen molar-refractivity contribution in [2.45, 2.75) is 46.4 Å². The van der Waals surface area contributed by atoms with E-state index in [9.17, 15) is 14.4 Å². The Bertz CT molecular complexity index is 1240. The van der Waals surface area contributed by atoms with Crippen LogP contribution in [0.4, 0.5) is 5.69 Å². The zero-order chi connectivity index (χ0) is 25.8. The van der Waals surface area contributed by atoms with Crippen LogP contribution in [0.3, 0.4) is 0 Å². The van der Waals surface area contributed by atoms with Crippen molar-refractivity contribution in [2.75, 3.05) is 19.0 Å². The molecule has 4 rings (SSSR count). The number of oxazole rings is 1. The molecule has 0 spiro atoms. The molecule has 1 fully saturated rings. The Hall–Kier alpha value is -3.92. The summed E-state index contributed by atoms with van der Waals surface area (Å²) in [5, 5.41) is 5.66. The molecule has 190 valence electrons. The predicted molar refractivity (Wildman–Crippen MR) is 131 cm³/mol. The molecule has 2 N–H and O–H groups in total. The minimum absolute atomic E-state index is 0.00435. The number of amides is 3. The molecule has 10 nitrogen and oxygen atoms in total. The lowest BCUT2D eigenvalue weighted by molar-refractivity contribution is -0.130. The van der Waals surface area contributed by atoms with Gasteiger partial charge < -0.3 is 29.1 Å². The minimum atomic E-state index is -0.365. The monoisotopic (exact) mass is 494 g/mol. The van der Waals surface area contributed by atoms with Crippen LogP contribution in [-0.2, 0) is 27.5 Å². The number of nitrogens with one attached hydrogen (secondary N) is 2. The minimum Gasteiger partial charge on any atom is -0.453 e. The number of rotatable bonds is 9. The normalized spacial score (nSPS) is 15.5. The molecule has 0 saturated carbocycles. The lowest BCUT2D eigenvalue weighted by Gasteiger charge is -2.20. The van der Waals surface area contributed by atoms with Gasteiger partial charge in [0.1, 0.15) is 23.8 Å². The molecule has 1 atom stereocenters. The quantitative estimate of drug-likeness (QED) is 0.466. The smallest absolute Gasteiger partial charge is 0.291 e. The Labute approximate surface area is 209 Å². The molecule has 3 aromatic rings. The van der Waals surface area contributed by atoms with Gasteiger partial charge in [-0.2, -0.15) is 0 Å². The largest absolute Gasteiger partial charge is 0.453 e. The molecule has 10 heteroatoms. The van der Waals surface area contributed by atoms with E-state index in [1.165, 1.54) is 0 Å². The van der Waals surface area contributed by atoms with E-state index in [1.54, 1.807) is 55.3 Å². The summed E-state index contributed by atoms with van der Waals surface area (Å²) in [4.78, 5) is 43.3. The Balaban J connectivity index is 1.34. The third kappa shape index (κ3) is 5.65. The molecular formula is C26H30N4O6. The zero-order valence-corrected chi connectivity index (χ0v) is 20.8. The van der Waals surface area contributed by atoms with E-state index in [2.05, 4.69) is 15.6 Å². The number of likely N-dealkylation sites (tertiary alicyclic amines) is 1. The van der Waals surface area contributed by atoms with Crippen LogP contribution in [0.5, 0.6) is 0 Å². The highest BCUT2D eigenvalue weighted by Gasteiger charge is 2.35. The number of furan rings is 1. The number of carbonyl (C=O) groups excluding carboxylic acids is 3. The Morgan fingerprint density at radius 1 is 1.17 bits per heavy atom. The van der Waals surface area contributed by atoms with Gasteiger partial charge in [0, 0.05) is 37.4 Å². The van der Waals surface area contributed by atoms with Gasteiger partial charge in [-0.1, -0.05) is 0 Å². The van der Waals surface area contributed by atoms with Crippen molar-refractivity contribution in [3.63, 3.8) is 0 Å². The highest BCUT2D eigenvalue weighted by molar-refractivity contribution is 6.02. The van der Waals surface area contributed by atoms with E-state index in [0.717, 1.165) is 5.56 Å². The van der Waals surface area contributed by atoms with Gasteiger partial charge in [0.2, 0.25) is 17.7 Å². The van der Waals surface area contributed by atoms with Gasteiger partial charge in [0.05, 0.1) is 12.5 Å². The molecule has 3 amide bonds. The van der Waals surface area contributed by atoms with Gasteiger partial charge in [0.15, 0.2) is 5.76 Å². The molecule has 0 unspecified atom stereocenters. The van der Waals surface area contributed by atoms with Gasteiger partial charge in [-0.3, -0.25) is 14.4 Å². The molecule has 2 aromatic heterocycles. The molecule has 0 aliphatic carbocycles. The molecule has 1 aliphatic rings. The van der Waals surface area contributed by atoms with Crippen molar-refractivity contribution >= 4 is 23.4 Å². The third-order valence-corrected chi connectivity index (χ3v) is 6.04. The maximum absolute atomic E-state index is 12.6. The van der Waals surface area contributed by atoms with Crippen molar-refractivity contribution in [2.24, 2.45) is 5.92 Å². The van der Waals surface area contributed by atoms with Gasteiger partial charge in [-0.15, -0.1) is 0 Å². The number of carbonyl (C=O) groups is 3. The van der Waals surface area contributed by atoms with Crippen LogP contribution in [0.25, 0.3) is 11.5 Å². The maximum Gasteiger partial charge on any atom is 0.291 e. The molecule has 0 bridgehead atoms. The summed E-state index contributed by atoms with van der Waals surface area (Å²) in [5.74, 6) is 0.882. The highest BCUT2D eigenvalue weighted by atomic mass is 16.5. The zero-order valence-electron chi connectivity index (χ0n) is 20.8. The Morgan fingerprint density at radius 3 is 2.58 bits per heavy atom. The van der Waals surface area contributed by atoms with E-state index in [-0.39, 0.29) is 48.4 Å². The van der Waals surface area contributed by atoms with Crippen molar-refractivity contribution in [3.05, 3.63) is 59.4 Å². The van der Waals surface area contributed by atoms with Gasteiger partial charge in [-0.25, -0.2) is 4.98 Å². The third-order valence-electron chi connectivity index (χ3n) is 6.04. The lowest BCUT2D eigenvalue weighted by Crippen LogP contribution is -2.35. The highest BCUT2D eigenvalue weighted by Crippen LogP contribution is 2.25. The molecule has 1 aromatic carbocycles. The van der Waals surface area contributed by atoms with Gasteiger partial charge >= 0.3 is 0 Å². The van der Waals surface area contributed by atoms with E-state index < -0.39 is 0 Å². The number of anilines is 1. The van der Waals surface area contributed by atoms with Crippen LogP contribution in [-0.4, -0.2) is 47.3 Å². The van der Waals surface area contributed by atoms with Gasteiger partial charge in [0.25, 0.3) is 5.91 Å². The summed E-state index contributed by atoms with van der Waals surface area (Å²) in [5.41, 5.74) is 1.93. The summed E-state index contributed by atoms with van der Waals surface area (Å²) in [6.07, 6.45) is 0.226. The molecule has 0 radical (unpaired) electrons. The number of aromatic nitrogens is 1. The fourth-order valence-electron chi connectivity index (χ4n) is 4.05. The number of methoxy groups -OCH3 is 1. The summed E-state index contributed by atoms with van der Waals surface area (Å²) >= 11 is 0. The topological polar surface area (TPSA) is 127 Å². The molecular weight excluding hydrogens is 464 g/mol. The standard InChI is InChI=1S/C26H30N4O6/c1-15(2)30-13-18(11-23(30)31)24(32)27-12-21-16(3)35-26(29-21)17-5-7-19(8-6-17)28-25(33)22-10-9-20(36-22)14-34-4/h5-10,15,18H,11-14H2,1-4H3,(H,27,32)(H,28,33)/t18-/m0/s1. The second kappa shape index (κ2) is 10.8. The number of nitrogens with zero attached hydrogens (tertiary/aromatic N) is 2. The van der Waals surface area contributed by atoms with E-state index >= 15 is 0 Å². The van der Waals surface area contributed by atoms with Crippen LogP contribution in [0.1, 0.15) is 48.0 Å². The first-order chi connectivity index (χ1) is 17.2. The molecule has 1 saturated heterocycles. The molecule has 36 heavy (non-hydrogen) atoms. The van der Waals surface area contributed by atoms with E-state index in [0.29, 0.717) is 41.9 Å². The van der Waals surface area contributed by atoms with E-state index in [1.807, 2.05) is 13.8 Å². The van der Waals surface area contributed by atoms with Crippen LogP contribution in [0.2, 0.25) is 0 Å². The Morgan fingerprint density at radius 2 is 1.92 bits per heavy atom. The number of benzene rings is 1. The molecule has 3 heterocycles. The second-order valence-corrected chi connectivity index (χ2v) is 9.01. The van der Waals surface area contributed by atoms with Crippen molar-refractivity contribution < 1.29 is 28.0 Å². The first-order valence-corrected chi connectivity index (χ1v) is 11.8. The average molecular weight is 495 g/mol. The van der Waals surface area contributed by atoms with E-state index in [4.69, 9.17) is 13.6 Å². The van der Waals surface area contributed by atoms with Crippen LogP contribution in [0.15, 0.2) is 45.2 Å².